The first-order valence-corrected chi connectivity index (χ1v) is 9.45. The molecule has 0 atom stereocenters. The largest absolute Gasteiger partial charge is 0.335 e. The fourth-order valence-corrected chi connectivity index (χ4v) is 4.35. The number of hydrogen-bond donors (Lipinski definition) is 0. The molecule has 7 heteroatoms. The van der Waals surface area contributed by atoms with E-state index in [1.165, 1.54) is 11.3 Å². The van der Waals surface area contributed by atoms with Crippen LogP contribution in [0.1, 0.15) is 15.4 Å². The average molecular weight is 375 g/mol. The summed E-state index contributed by atoms with van der Waals surface area (Å²) >= 11 is 7.49. The average Bonchev–Trinajstić information content (AvgIpc) is 3.17. The van der Waals surface area contributed by atoms with Crippen molar-refractivity contribution in [2.75, 3.05) is 33.2 Å². The molecule has 1 fully saturated rings. The lowest BCUT2D eigenvalue weighted by Gasteiger charge is -2.32. The summed E-state index contributed by atoms with van der Waals surface area (Å²) in [5.41, 5.74) is 1.88. The zero-order chi connectivity index (χ0) is 17.6. The van der Waals surface area contributed by atoms with Crippen LogP contribution in [-0.2, 0) is 0 Å². The molecule has 1 aliphatic heterocycles. The van der Waals surface area contributed by atoms with Gasteiger partial charge in [-0.25, -0.2) is 4.68 Å². The molecule has 0 bridgehead atoms. The van der Waals surface area contributed by atoms with Gasteiger partial charge in [0.05, 0.1) is 16.3 Å². The van der Waals surface area contributed by atoms with Crippen LogP contribution in [0.2, 0.25) is 5.02 Å². The number of rotatable bonds is 2. The molecule has 1 saturated heterocycles. The highest BCUT2D eigenvalue weighted by molar-refractivity contribution is 7.20. The molecule has 5 nitrogen and oxygen atoms in total. The van der Waals surface area contributed by atoms with Crippen molar-refractivity contribution in [2.24, 2.45) is 0 Å². The summed E-state index contributed by atoms with van der Waals surface area (Å²) in [6.45, 7) is 5.39. The van der Waals surface area contributed by atoms with E-state index in [4.69, 9.17) is 11.6 Å². The zero-order valence-electron chi connectivity index (χ0n) is 14.2. The summed E-state index contributed by atoms with van der Waals surface area (Å²) in [6.07, 6.45) is 0. The lowest BCUT2D eigenvalue weighted by atomic mass is 10.2. The number of thiophene rings is 1. The molecule has 0 unspecified atom stereocenters. The minimum absolute atomic E-state index is 0.122. The first-order valence-electron chi connectivity index (χ1n) is 8.26. The molecule has 130 valence electrons. The van der Waals surface area contributed by atoms with E-state index < -0.39 is 0 Å². The summed E-state index contributed by atoms with van der Waals surface area (Å²) in [6, 6.07) is 9.56. The third-order valence-electron chi connectivity index (χ3n) is 4.62. The predicted molar refractivity (Wildman–Crippen MR) is 102 cm³/mol. The number of benzene rings is 1. The highest BCUT2D eigenvalue weighted by Crippen LogP contribution is 2.31. The van der Waals surface area contributed by atoms with Crippen LogP contribution < -0.4 is 0 Å². The van der Waals surface area contributed by atoms with Crippen molar-refractivity contribution in [3.05, 3.63) is 45.9 Å². The molecule has 0 radical (unpaired) electrons. The Balaban J connectivity index is 1.69. The van der Waals surface area contributed by atoms with Gasteiger partial charge in [-0.15, -0.1) is 11.3 Å². The van der Waals surface area contributed by atoms with Crippen molar-refractivity contribution in [3.63, 3.8) is 0 Å². The van der Waals surface area contributed by atoms with Gasteiger partial charge in [0, 0.05) is 36.6 Å². The quantitative estimate of drug-likeness (QED) is 0.690. The minimum Gasteiger partial charge on any atom is -0.335 e. The smallest absolute Gasteiger partial charge is 0.264 e. The van der Waals surface area contributed by atoms with E-state index in [0.717, 1.165) is 52.7 Å². The second kappa shape index (κ2) is 6.44. The fourth-order valence-electron chi connectivity index (χ4n) is 3.08. The number of amides is 1. The Morgan fingerprint density at radius 3 is 2.52 bits per heavy atom. The maximum Gasteiger partial charge on any atom is 0.264 e. The maximum atomic E-state index is 12.8. The van der Waals surface area contributed by atoms with E-state index in [1.54, 1.807) is 0 Å². The van der Waals surface area contributed by atoms with Crippen LogP contribution in [0.15, 0.2) is 30.3 Å². The van der Waals surface area contributed by atoms with Crippen LogP contribution in [-0.4, -0.2) is 58.7 Å². The second-order valence-corrected chi connectivity index (χ2v) is 7.87. The van der Waals surface area contributed by atoms with Crippen molar-refractivity contribution in [1.29, 1.82) is 0 Å². The second-order valence-electron chi connectivity index (χ2n) is 6.40. The van der Waals surface area contributed by atoms with Crippen molar-refractivity contribution in [1.82, 2.24) is 19.6 Å². The standard InChI is InChI=1S/C18H19ClN4OS/c1-12-15-11-16(17(24)22-9-7-21(2)8-10-22)25-18(15)23(20-12)14-5-3-13(19)4-6-14/h3-6,11H,7-10H2,1-2H3. The van der Waals surface area contributed by atoms with E-state index in [-0.39, 0.29) is 5.91 Å². The van der Waals surface area contributed by atoms with Crippen LogP contribution in [0.25, 0.3) is 15.9 Å². The van der Waals surface area contributed by atoms with E-state index >= 15 is 0 Å². The number of fused-ring (bicyclic) bond motifs is 1. The lowest BCUT2D eigenvalue weighted by Crippen LogP contribution is -2.46. The molecule has 1 aliphatic rings. The first kappa shape index (κ1) is 16.6. The Kier molecular flexibility index (Phi) is 4.27. The number of aromatic nitrogens is 2. The highest BCUT2D eigenvalue weighted by atomic mass is 35.5. The summed E-state index contributed by atoms with van der Waals surface area (Å²) in [5.74, 6) is 0.122. The van der Waals surface area contributed by atoms with Crippen LogP contribution in [0, 0.1) is 6.92 Å². The van der Waals surface area contributed by atoms with E-state index in [9.17, 15) is 4.79 Å². The molecule has 4 rings (SSSR count). The normalized spacial score (nSPS) is 15.9. The van der Waals surface area contributed by atoms with Gasteiger partial charge in [-0.3, -0.25) is 4.79 Å². The Labute approximate surface area is 155 Å². The molecule has 3 aromatic rings. The van der Waals surface area contributed by atoms with Gasteiger partial charge in [-0.05, 0) is 44.3 Å². The van der Waals surface area contributed by atoms with Crippen molar-refractivity contribution in [2.45, 2.75) is 6.92 Å². The number of carbonyl (C=O) groups is 1. The summed E-state index contributed by atoms with van der Waals surface area (Å²) in [4.78, 5) is 18.8. The van der Waals surface area contributed by atoms with Crippen molar-refractivity contribution < 1.29 is 4.79 Å². The molecule has 0 spiro atoms. The van der Waals surface area contributed by atoms with Gasteiger partial charge in [-0.1, -0.05) is 11.6 Å². The molecule has 1 amide bonds. The lowest BCUT2D eigenvalue weighted by molar-refractivity contribution is 0.0669. The molecule has 3 heterocycles. The Morgan fingerprint density at radius 2 is 1.84 bits per heavy atom. The number of carbonyl (C=O) groups excluding carboxylic acids is 1. The van der Waals surface area contributed by atoms with E-state index in [2.05, 4.69) is 17.0 Å². The molecular weight excluding hydrogens is 356 g/mol. The number of halogens is 1. The maximum absolute atomic E-state index is 12.8. The van der Waals surface area contributed by atoms with Crippen LogP contribution in [0.3, 0.4) is 0 Å². The molecule has 1 aromatic carbocycles. The number of piperazine rings is 1. The van der Waals surface area contributed by atoms with Gasteiger partial charge in [0.15, 0.2) is 0 Å². The molecule has 0 aliphatic carbocycles. The SMILES string of the molecule is Cc1nn(-c2ccc(Cl)cc2)c2sc(C(=O)N3CCN(C)CC3)cc12. The van der Waals surface area contributed by atoms with Gasteiger partial charge in [-0.2, -0.15) is 5.10 Å². The Hall–Kier alpha value is -1.89. The number of aryl methyl sites for hydroxylation is 1. The molecule has 0 N–H and O–H groups in total. The predicted octanol–water partition coefficient (Wildman–Crippen LogP) is 3.44. The molecule has 25 heavy (non-hydrogen) atoms. The fraction of sp³-hybridized carbons (Fsp3) is 0.333. The summed E-state index contributed by atoms with van der Waals surface area (Å²) < 4.78 is 1.90. The Morgan fingerprint density at radius 1 is 1.16 bits per heavy atom. The van der Waals surface area contributed by atoms with E-state index in [0.29, 0.717) is 5.02 Å². The van der Waals surface area contributed by atoms with Gasteiger partial charge in [0.1, 0.15) is 4.83 Å². The number of likely N-dealkylation sites (N-methyl/N-ethyl adjacent to an activating group) is 1. The van der Waals surface area contributed by atoms with Crippen LogP contribution >= 0.6 is 22.9 Å². The third-order valence-corrected chi connectivity index (χ3v) is 5.97. The molecular formula is C18H19ClN4OS. The molecule has 2 aromatic heterocycles. The number of nitrogens with zero attached hydrogens (tertiary/aromatic N) is 4. The number of hydrogen-bond acceptors (Lipinski definition) is 4. The topological polar surface area (TPSA) is 41.4 Å². The van der Waals surface area contributed by atoms with Gasteiger partial charge >= 0.3 is 0 Å². The van der Waals surface area contributed by atoms with Gasteiger partial charge < -0.3 is 9.80 Å². The molecule has 0 saturated carbocycles. The highest BCUT2D eigenvalue weighted by Gasteiger charge is 2.23. The van der Waals surface area contributed by atoms with Gasteiger partial charge in [0.25, 0.3) is 5.91 Å². The van der Waals surface area contributed by atoms with Crippen LogP contribution in [0.4, 0.5) is 0 Å². The summed E-state index contributed by atoms with van der Waals surface area (Å²) in [5, 5.41) is 6.36. The first-order chi connectivity index (χ1) is 12.0. The van der Waals surface area contributed by atoms with Crippen molar-refractivity contribution >= 4 is 39.1 Å². The van der Waals surface area contributed by atoms with Gasteiger partial charge in [0.2, 0.25) is 0 Å². The Bertz CT molecular complexity index is 923. The van der Waals surface area contributed by atoms with E-state index in [1.807, 2.05) is 46.8 Å². The van der Waals surface area contributed by atoms with Crippen LogP contribution in [0.5, 0.6) is 0 Å². The summed E-state index contributed by atoms with van der Waals surface area (Å²) in [7, 11) is 2.09. The monoisotopic (exact) mass is 374 g/mol. The zero-order valence-corrected chi connectivity index (χ0v) is 15.8. The minimum atomic E-state index is 0.122. The third kappa shape index (κ3) is 3.05. The van der Waals surface area contributed by atoms with Crippen molar-refractivity contribution in [3.8, 4) is 5.69 Å².